The van der Waals surface area contributed by atoms with Crippen molar-refractivity contribution in [2.24, 2.45) is 0 Å². The van der Waals surface area contributed by atoms with Crippen molar-refractivity contribution >= 4 is 37.3 Å². The number of anilines is 2. The molecule has 0 bridgehead atoms. The van der Waals surface area contributed by atoms with E-state index in [0.717, 1.165) is 15.8 Å². The van der Waals surface area contributed by atoms with Gasteiger partial charge in [-0.25, -0.2) is 14.0 Å². The van der Waals surface area contributed by atoms with Gasteiger partial charge in [0.05, 0.1) is 11.4 Å². The molecule has 0 N–H and O–H groups in total. The summed E-state index contributed by atoms with van der Waals surface area (Å²) in [5, 5.41) is 0. The van der Waals surface area contributed by atoms with E-state index >= 15 is 0 Å². The zero-order chi connectivity index (χ0) is 18.7. The fourth-order valence-electron chi connectivity index (χ4n) is 2.98. The smallest absolute Gasteiger partial charge is 0.295 e. The Morgan fingerprint density at radius 1 is 0.962 bits per heavy atom. The molecular weight excluding hydrogens is 351 g/mol. The first-order chi connectivity index (χ1) is 12.6. The number of amides is 2. The van der Waals surface area contributed by atoms with Crippen LogP contribution >= 0.6 is 7.75 Å². The first-order valence-corrected chi connectivity index (χ1v) is 9.75. The molecule has 0 aromatic heterocycles. The number of nitrogens with zero attached hydrogens (tertiary/aromatic N) is 2. The van der Waals surface area contributed by atoms with Crippen LogP contribution in [0, 0.1) is 0 Å². The molecule has 0 atom stereocenters. The van der Waals surface area contributed by atoms with Crippen molar-refractivity contribution < 1.29 is 18.4 Å². The summed E-state index contributed by atoms with van der Waals surface area (Å²) < 4.78 is 24.1. The number of hydrogen-bond donors (Lipinski definition) is 0. The van der Waals surface area contributed by atoms with Gasteiger partial charge < -0.3 is 0 Å². The molecule has 1 aliphatic rings. The summed E-state index contributed by atoms with van der Waals surface area (Å²) in [4.78, 5) is 15.0. The molecule has 0 saturated heterocycles. The third kappa shape index (κ3) is 3.07. The fraction of sp³-hybridized carbons (Fsp3) is 0.211. The topological polar surface area (TPSA) is 59.1 Å². The van der Waals surface area contributed by atoms with Gasteiger partial charge in [0.2, 0.25) is 0 Å². The van der Waals surface area contributed by atoms with E-state index in [1.54, 1.807) is 11.8 Å². The van der Waals surface area contributed by atoms with Gasteiger partial charge in [-0.15, -0.1) is 0 Å². The lowest BCUT2D eigenvalue weighted by atomic mass is 10.1. The first-order valence-electron chi connectivity index (χ1n) is 8.25. The normalized spacial score (nSPS) is 13.0. The monoisotopic (exact) mass is 372 g/mol. The maximum absolute atomic E-state index is 13.5. The summed E-state index contributed by atoms with van der Waals surface area (Å²) >= 11 is 0. The van der Waals surface area contributed by atoms with Crippen LogP contribution in [-0.2, 0) is 13.6 Å². The lowest BCUT2D eigenvalue weighted by molar-refractivity contribution is 0.198. The Morgan fingerprint density at radius 2 is 1.42 bits per heavy atom. The van der Waals surface area contributed by atoms with Crippen molar-refractivity contribution in [2.45, 2.75) is 6.92 Å². The molecule has 2 aromatic rings. The summed E-state index contributed by atoms with van der Waals surface area (Å²) in [5.41, 5.74) is 3.18. The molecule has 2 amide bonds. The SMILES string of the molecule is CCN(C(=O)N1c2ccccc2C=Cc2ccccc21)P(=O)(OC)OC. The van der Waals surface area contributed by atoms with Crippen molar-refractivity contribution in [3.8, 4) is 0 Å². The summed E-state index contributed by atoms with van der Waals surface area (Å²) in [6, 6.07) is 14.7. The molecule has 0 unspecified atom stereocenters. The molecule has 0 radical (unpaired) electrons. The molecule has 0 fully saturated rings. The number of benzene rings is 2. The van der Waals surface area contributed by atoms with E-state index in [1.165, 1.54) is 14.2 Å². The standard InChI is InChI=1S/C19H21N2O4P/c1-4-20(26(23,24-2)25-3)19(22)21-17-11-7-5-9-15(17)13-14-16-10-6-8-12-18(16)21/h5-14H,4H2,1-3H3. The minimum absolute atomic E-state index is 0.173. The van der Waals surface area contributed by atoms with Gasteiger partial charge in [-0.3, -0.25) is 13.9 Å². The van der Waals surface area contributed by atoms with Crippen LogP contribution in [0.25, 0.3) is 12.2 Å². The molecule has 2 aromatic carbocycles. The first kappa shape index (κ1) is 18.4. The van der Waals surface area contributed by atoms with Gasteiger partial charge in [0.15, 0.2) is 0 Å². The molecular formula is C19H21N2O4P. The van der Waals surface area contributed by atoms with Crippen LogP contribution in [0.4, 0.5) is 16.2 Å². The van der Waals surface area contributed by atoms with Crippen molar-refractivity contribution in [1.82, 2.24) is 4.67 Å². The van der Waals surface area contributed by atoms with Gasteiger partial charge in [0.1, 0.15) is 0 Å². The zero-order valence-electron chi connectivity index (χ0n) is 15.0. The highest BCUT2D eigenvalue weighted by Gasteiger charge is 2.39. The molecule has 26 heavy (non-hydrogen) atoms. The van der Waals surface area contributed by atoms with Gasteiger partial charge in [-0.05, 0) is 30.2 Å². The molecule has 0 aliphatic carbocycles. The van der Waals surface area contributed by atoms with Gasteiger partial charge in [-0.2, -0.15) is 0 Å². The summed E-state index contributed by atoms with van der Waals surface area (Å²) in [5.74, 6) is 0. The van der Waals surface area contributed by atoms with E-state index in [2.05, 4.69) is 0 Å². The van der Waals surface area contributed by atoms with E-state index in [9.17, 15) is 9.36 Å². The summed E-state index contributed by atoms with van der Waals surface area (Å²) in [6.45, 7) is 1.91. The van der Waals surface area contributed by atoms with E-state index < -0.39 is 13.8 Å². The lowest BCUT2D eigenvalue weighted by Gasteiger charge is -2.33. The van der Waals surface area contributed by atoms with Crippen LogP contribution in [0.5, 0.6) is 0 Å². The Hall–Kier alpha value is -2.40. The second-order valence-electron chi connectivity index (χ2n) is 5.62. The molecule has 3 rings (SSSR count). The van der Waals surface area contributed by atoms with Gasteiger partial charge in [-0.1, -0.05) is 48.6 Å². The Balaban J connectivity index is 2.18. The molecule has 6 nitrogen and oxygen atoms in total. The van der Waals surface area contributed by atoms with Crippen LogP contribution in [0.2, 0.25) is 0 Å². The summed E-state index contributed by atoms with van der Waals surface area (Å²) in [7, 11) is -1.19. The predicted molar refractivity (Wildman–Crippen MR) is 103 cm³/mol. The van der Waals surface area contributed by atoms with Crippen molar-refractivity contribution in [3.05, 3.63) is 59.7 Å². The second kappa shape index (κ2) is 7.46. The third-order valence-electron chi connectivity index (χ3n) is 4.27. The van der Waals surface area contributed by atoms with Crippen LogP contribution in [0.3, 0.4) is 0 Å². The fourth-order valence-corrected chi connectivity index (χ4v) is 4.17. The number of rotatable bonds is 4. The number of urea groups is 1. The maximum atomic E-state index is 13.5. The third-order valence-corrected chi connectivity index (χ3v) is 6.23. The Labute approximate surface area is 153 Å². The van der Waals surface area contributed by atoms with E-state index in [4.69, 9.17) is 9.05 Å². The van der Waals surface area contributed by atoms with Crippen LogP contribution in [-0.4, -0.2) is 31.5 Å². The van der Waals surface area contributed by atoms with Gasteiger partial charge >= 0.3 is 13.8 Å². The zero-order valence-corrected chi connectivity index (χ0v) is 15.8. The van der Waals surface area contributed by atoms with E-state index in [1.807, 2.05) is 60.7 Å². The van der Waals surface area contributed by atoms with Crippen LogP contribution < -0.4 is 4.90 Å². The Bertz CT molecular complexity index is 839. The molecule has 1 heterocycles. The molecule has 0 spiro atoms. The number of hydrogen-bond acceptors (Lipinski definition) is 4. The quantitative estimate of drug-likeness (QED) is 0.697. The largest absolute Gasteiger partial charge is 0.438 e. The predicted octanol–water partition coefficient (Wildman–Crippen LogP) is 5.15. The van der Waals surface area contributed by atoms with Crippen molar-refractivity contribution in [2.75, 3.05) is 25.7 Å². The van der Waals surface area contributed by atoms with Crippen molar-refractivity contribution in [3.63, 3.8) is 0 Å². The number of carbonyl (C=O) groups excluding carboxylic acids is 1. The highest BCUT2D eigenvalue weighted by atomic mass is 31.2. The molecule has 136 valence electrons. The van der Waals surface area contributed by atoms with Crippen molar-refractivity contribution in [1.29, 1.82) is 0 Å². The Kier molecular flexibility index (Phi) is 5.28. The highest BCUT2D eigenvalue weighted by Crippen LogP contribution is 2.52. The maximum Gasteiger partial charge on any atom is 0.438 e. The van der Waals surface area contributed by atoms with Crippen LogP contribution in [0.15, 0.2) is 48.5 Å². The highest BCUT2D eigenvalue weighted by molar-refractivity contribution is 7.52. The van der Waals surface area contributed by atoms with E-state index in [-0.39, 0.29) is 6.54 Å². The minimum Gasteiger partial charge on any atom is -0.295 e. The van der Waals surface area contributed by atoms with Gasteiger partial charge in [0.25, 0.3) is 0 Å². The average molecular weight is 372 g/mol. The summed E-state index contributed by atoms with van der Waals surface area (Å²) in [6.07, 6.45) is 3.92. The van der Waals surface area contributed by atoms with Gasteiger partial charge in [0, 0.05) is 20.8 Å². The Morgan fingerprint density at radius 3 is 1.85 bits per heavy atom. The molecule has 1 aliphatic heterocycles. The number of carbonyl (C=O) groups is 1. The second-order valence-corrected chi connectivity index (χ2v) is 7.77. The van der Waals surface area contributed by atoms with Crippen LogP contribution in [0.1, 0.15) is 18.1 Å². The number of para-hydroxylation sites is 2. The molecule has 0 saturated carbocycles. The van der Waals surface area contributed by atoms with E-state index in [0.29, 0.717) is 11.4 Å². The average Bonchev–Trinajstić information content (AvgIpc) is 2.85. The minimum atomic E-state index is -3.73. The molecule has 7 heteroatoms. The number of fused-ring (bicyclic) bond motifs is 2. The lowest BCUT2D eigenvalue weighted by Crippen LogP contribution is -2.39.